The van der Waals surface area contributed by atoms with Crippen molar-refractivity contribution in [3.05, 3.63) is 42.4 Å². The molecule has 3 heterocycles. The largest absolute Gasteiger partial charge is 0.463 e. The van der Waals surface area contributed by atoms with E-state index in [1.54, 1.807) is 12.3 Å². The first-order valence-corrected chi connectivity index (χ1v) is 7.79. The van der Waals surface area contributed by atoms with Gasteiger partial charge in [0, 0.05) is 31.5 Å². The van der Waals surface area contributed by atoms with Gasteiger partial charge in [0.1, 0.15) is 5.76 Å². The van der Waals surface area contributed by atoms with Crippen molar-refractivity contribution in [3.63, 3.8) is 0 Å². The molecule has 0 bridgehead atoms. The highest BCUT2D eigenvalue weighted by Gasteiger charge is 2.24. The van der Waals surface area contributed by atoms with Crippen molar-refractivity contribution >= 4 is 11.9 Å². The highest BCUT2D eigenvalue weighted by atomic mass is 16.5. The Bertz CT molecular complexity index is 695. The molecule has 0 aliphatic carbocycles. The molecule has 8 nitrogen and oxygen atoms in total. The van der Waals surface area contributed by atoms with Gasteiger partial charge in [-0.3, -0.25) is 9.69 Å². The van der Waals surface area contributed by atoms with Crippen molar-refractivity contribution in [1.82, 2.24) is 19.8 Å². The molecule has 0 saturated carbocycles. The molecule has 128 valence electrons. The summed E-state index contributed by atoms with van der Waals surface area (Å²) in [6.45, 7) is 2.30. The zero-order valence-corrected chi connectivity index (χ0v) is 13.5. The van der Waals surface area contributed by atoms with Crippen LogP contribution in [0.15, 0.2) is 35.3 Å². The molecule has 1 aliphatic rings. The van der Waals surface area contributed by atoms with Crippen LogP contribution >= 0.6 is 0 Å². The summed E-state index contributed by atoms with van der Waals surface area (Å²) in [6, 6.07) is 3.55. The van der Waals surface area contributed by atoms with Crippen molar-refractivity contribution in [2.75, 3.05) is 26.7 Å². The SMILES string of the molecule is COC(=O)c1ccc(CNC(=O)CN2CCC(n3ccnc3)C2)o1. The van der Waals surface area contributed by atoms with E-state index in [0.29, 0.717) is 18.3 Å². The van der Waals surface area contributed by atoms with Crippen LogP contribution in [0.3, 0.4) is 0 Å². The van der Waals surface area contributed by atoms with Crippen molar-refractivity contribution in [3.8, 4) is 0 Å². The normalized spacial score (nSPS) is 17.8. The predicted octanol–water partition coefficient (Wildman–Crippen LogP) is 0.826. The number of aromatic nitrogens is 2. The van der Waals surface area contributed by atoms with Gasteiger partial charge in [-0.25, -0.2) is 9.78 Å². The molecule has 8 heteroatoms. The molecule has 2 aromatic rings. The second kappa shape index (κ2) is 7.31. The first-order valence-electron chi connectivity index (χ1n) is 7.79. The van der Waals surface area contributed by atoms with Crippen LogP contribution in [0.5, 0.6) is 0 Å². The molecule has 1 saturated heterocycles. The molecule has 1 aliphatic heterocycles. The zero-order chi connectivity index (χ0) is 16.9. The van der Waals surface area contributed by atoms with E-state index in [0.717, 1.165) is 19.5 Å². The summed E-state index contributed by atoms with van der Waals surface area (Å²) in [5.74, 6) is 0.0402. The number of nitrogens with one attached hydrogen (secondary N) is 1. The van der Waals surface area contributed by atoms with Gasteiger partial charge in [0.2, 0.25) is 11.7 Å². The number of ether oxygens (including phenoxy) is 1. The van der Waals surface area contributed by atoms with Crippen molar-refractivity contribution < 1.29 is 18.7 Å². The lowest BCUT2D eigenvalue weighted by Gasteiger charge is -2.16. The predicted molar refractivity (Wildman–Crippen MR) is 84.2 cm³/mol. The number of furan rings is 1. The molecule has 1 unspecified atom stereocenters. The number of esters is 1. The van der Waals surface area contributed by atoms with Gasteiger partial charge in [-0.1, -0.05) is 0 Å². The van der Waals surface area contributed by atoms with Crippen LogP contribution in [0.2, 0.25) is 0 Å². The molecule has 3 rings (SSSR count). The first-order chi connectivity index (χ1) is 11.7. The van der Waals surface area contributed by atoms with E-state index >= 15 is 0 Å². The second-order valence-electron chi connectivity index (χ2n) is 5.72. The molecule has 1 amide bonds. The number of rotatable bonds is 6. The van der Waals surface area contributed by atoms with E-state index < -0.39 is 5.97 Å². The molecule has 1 fully saturated rings. The molecular formula is C16H20N4O4. The van der Waals surface area contributed by atoms with E-state index in [1.165, 1.54) is 13.2 Å². The van der Waals surface area contributed by atoms with Gasteiger partial charge in [0.15, 0.2) is 0 Å². The van der Waals surface area contributed by atoms with E-state index in [4.69, 9.17) is 4.42 Å². The topological polar surface area (TPSA) is 89.6 Å². The summed E-state index contributed by atoms with van der Waals surface area (Å²) in [4.78, 5) is 29.5. The number of hydrogen-bond donors (Lipinski definition) is 1. The molecule has 24 heavy (non-hydrogen) atoms. The first kappa shape index (κ1) is 16.3. The standard InChI is InChI=1S/C16H20N4O4/c1-23-16(22)14-3-2-13(24-14)8-18-15(21)10-19-6-4-12(9-19)20-7-5-17-11-20/h2-3,5,7,11-12H,4,6,8-10H2,1H3,(H,18,21). The van der Waals surface area contributed by atoms with Gasteiger partial charge in [0.05, 0.1) is 26.5 Å². The lowest BCUT2D eigenvalue weighted by atomic mass is 10.3. The summed E-state index contributed by atoms with van der Waals surface area (Å²) in [6.07, 6.45) is 6.53. The third kappa shape index (κ3) is 3.83. The van der Waals surface area contributed by atoms with Crippen molar-refractivity contribution in [2.45, 2.75) is 19.0 Å². The number of carbonyl (C=O) groups excluding carboxylic acids is 2. The zero-order valence-electron chi connectivity index (χ0n) is 13.5. The maximum atomic E-state index is 12.1. The van der Waals surface area contributed by atoms with Crippen LogP contribution in [0.1, 0.15) is 28.8 Å². The van der Waals surface area contributed by atoms with E-state index in [-0.39, 0.29) is 18.2 Å². The quantitative estimate of drug-likeness (QED) is 0.788. The van der Waals surface area contributed by atoms with Crippen LogP contribution < -0.4 is 5.32 Å². The van der Waals surface area contributed by atoms with Gasteiger partial charge in [-0.15, -0.1) is 0 Å². The van der Waals surface area contributed by atoms with Crippen LogP contribution in [-0.2, 0) is 16.1 Å². The summed E-state index contributed by atoms with van der Waals surface area (Å²) < 4.78 is 12.0. The summed E-state index contributed by atoms with van der Waals surface area (Å²) in [7, 11) is 1.29. The van der Waals surface area contributed by atoms with Crippen LogP contribution in [-0.4, -0.2) is 53.1 Å². The highest BCUT2D eigenvalue weighted by Crippen LogP contribution is 2.20. The van der Waals surface area contributed by atoms with E-state index in [2.05, 4.69) is 24.5 Å². The summed E-state index contributed by atoms with van der Waals surface area (Å²) in [5, 5.41) is 2.80. The minimum atomic E-state index is -0.532. The summed E-state index contributed by atoms with van der Waals surface area (Å²) >= 11 is 0. The molecular weight excluding hydrogens is 312 g/mol. The van der Waals surface area contributed by atoms with E-state index in [1.807, 2.05) is 12.5 Å². The molecule has 2 aromatic heterocycles. The Kier molecular flexibility index (Phi) is 4.95. The fourth-order valence-electron chi connectivity index (χ4n) is 2.81. The number of methoxy groups -OCH3 is 1. The Morgan fingerprint density at radius 2 is 2.33 bits per heavy atom. The second-order valence-corrected chi connectivity index (χ2v) is 5.72. The highest BCUT2D eigenvalue weighted by molar-refractivity contribution is 5.86. The van der Waals surface area contributed by atoms with Gasteiger partial charge in [0.25, 0.3) is 0 Å². The van der Waals surface area contributed by atoms with Crippen LogP contribution in [0.25, 0.3) is 0 Å². The minimum absolute atomic E-state index is 0.0719. The maximum absolute atomic E-state index is 12.1. The molecule has 0 aromatic carbocycles. The van der Waals surface area contributed by atoms with Crippen molar-refractivity contribution in [1.29, 1.82) is 0 Å². The van der Waals surface area contributed by atoms with Gasteiger partial charge < -0.3 is 19.0 Å². The lowest BCUT2D eigenvalue weighted by Crippen LogP contribution is -2.35. The van der Waals surface area contributed by atoms with Crippen LogP contribution in [0.4, 0.5) is 0 Å². The van der Waals surface area contributed by atoms with Gasteiger partial charge in [-0.2, -0.15) is 0 Å². The Morgan fingerprint density at radius 1 is 1.46 bits per heavy atom. The average Bonchev–Trinajstić information content (AvgIpc) is 3.32. The third-order valence-electron chi connectivity index (χ3n) is 4.07. The molecule has 1 N–H and O–H groups in total. The van der Waals surface area contributed by atoms with Gasteiger partial charge >= 0.3 is 5.97 Å². The van der Waals surface area contributed by atoms with Gasteiger partial charge in [-0.05, 0) is 18.6 Å². The maximum Gasteiger partial charge on any atom is 0.373 e. The fourth-order valence-corrected chi connectivity index (χ4v) is 2.81. The molecule has 0 spiro atoms. The molecule has 0 radical (unpaired) electrons. The number of nitrogens with zero attached hydrogens (tertiary/aromatic N) is 3. The van der Waals surface area contributed by atoms with E-state index in [9.17, 15) is 9.59 Å². The minimum Gasteiger partial charge on any atom is -0.463 e. The monoisotopic (exact) mass is 332 g/mol. The Hall–Kier alpha value is -2.61. The molecule has 1 atom stereocenters. The third-order valence-corrected chi connectivity index (χ3v) is 4.07. The Morgan fingerprint density at radius 3 is 3.08 bits per heavy atom. The Balaban J connectivity index is 1.43. The fraction of sp³-hybridized carbons (Fsp3) is 0.438. The Labute approximate surface area is 139 Å². The number of hydrogen-bond acceptors (Lipinski definition) is 6. The number of likely N-dealkylation sites (tertiary alicyclic amines) is 1. The smallest absolute Gasteiger partial charge is 0.373 e. The lowest BCUT2D eigenvalue weighted by molar-refractivity contribution is -0.122. The van der Waals surface area contributed by atoms with Crippen LogP contribution in [0, 0.1) is 0 Å². The van der Waals surface area contributed by atoms with Crippen molar-refractivity contribution in [2.24, 2.45) is 0 Å². The number of amides is 1. The number of carbonyl (C=O) groups is 2. The average molecular weight is 332 g/mol. The summed E-state index contributed by atoms with van der Waals surface area (Å²) in [5.41, 5.74) is 0. The number of imidazole rings is 1.